The second kappa shape index (κ2) is 20.2. The maximum atomic E-state index is 8.17. The molecule has 0 aliphatic carbocycles. The highest BCUT2D eigenvalue weighted by Crippen LogP contribution is 2.01. The fourth-order valence-electron chi connectivity index (χ4n) is 1.42. The highest BCUT2D eigenvalue weighted by Gasteiger charge is 1.93. The van der Waals surface area contributed by atoms with Crippen LogP contribution in [0.4, 0.5) is 0 Å². The summed E-state index contributed by atoms with van der Waals surface area (Å²) in [5.41, 5.74) is 0. The van der Waals surface area contributed by atoms with Crippen LogP contribution in [0.1, 0.15) is 65.2 Å². The zero-order valence-corrected chi connectivity index (χ0v) is 12.8. The minimum atomic E-state index is -0.954. The third kappa shape index (κ3) is 23.4. The maximum Gasteiger partial charge on any atom is 0.100 e. The molecule has 0 rings (SSSR count). The summed E-state index contributed by atoms with van der Waals surface area (Å²) in [6.45, 7) is 5.71. The Morgan fingerprint density at radius 3 is 1.42 bits per heavy atom. The van der Waals surface area contributed by atoms with Gasteiger partial charge in [0.15, 0.2) is 0 Å². The molecule has 0 radical (unpaired) electrons. The summed E-state index contributed by atoms with van der Waals surface area (Å²) < 4.78 is 5.53. The van der Waals surface area contributed by atoms with Crippen molar-refractivity contribution < 1.29 is 20.1 Å². The summed E-state index contributed by atoms with van der Waals surface area (Å²) in [6, 6.07) is 0. The Balaban J connectivity index is 0. The highest BCUT2D eigenvalue weighted by atomic mass is 16.5. The zero-order valence-electron chi connectivity index (χ0n) is 12.8. The van der Waals surface area contributed by atoms with E-state index in [0.29, 0.717) is 0 Å². The van der Waals surface area contributed by atoms with Crippen molar-refractivity contribution >= 4 is 0 Å². The summed E-state index contributed by atoms with van der Waals surface area (Å²) in [6.07, 6.45) is 9.58. The standard InChI is InChI=1S/C12H26O.C3H8O3/c1-3-5-7-9-11-13-12-10-8-6-4-2;4-1-3(6)2-5/h3-12H2,1-2H3;3-6H,1-2H2. The molecule has 0 saturated carbocycles. The molecule has 0 aliphatic heterocycles. The lowest BCUT2D eigenvalue weighted by Gasteiger charge is -2.03. The molecule has 0 aliphatic rings. The average Bonchev–Trinajstić information content (AvgIpc) is 2.45. The molecular formula is C15H34O4. The number of rotatable bonds is 12. The van der Waals surface area contributed by atoms with Crippen LogP contribution in [-0.4, -0.2) is 47.9 Å². The van der Waals surface area contributed by atoms with Crippen LogP contribution >= 0.6 is 0 Å². The van der Waals surface area contributed by atoms with Crippen molar-refractivity contribution in [3.8, 4) is 0 Å². The van der Waals surface area contributed by atoms with Crippen molar-refractivity contribution in [1.29, 1.82) is 0 Å². The number of hydrogen-bond acceptors (Lipinski definition) is 4. The van der Waals surface area contributed by atoms with Gasteiger partial charge in [-0.2, -0.15) is 0 Å². The first-order valence-corrected chi connectivity index (χ1v) is 7.70. The van der Waals surface area contributed by atoms with Crippen LogP contribution in [0, 0.1) is 0 Å². The van der Waals surface area contributed by atoms with Crippen LogP contribution in [-0.2, 0) is 4.74 Å². The van der Waals surface area contributed by atoms with E-state index in [9.17, 15) is 0 Å². The molecule has 0 atom stereocenters. The SMILES string of the molecule is CCCCCCOCCCCCC.OCC(O)CO. The molecule has 0 aromatic carbocycles. The van der Waals surface area contributed by atoms with Crippen molar-refractivity contribution in [2.45, 2.75) is 71.3 Å². The van der Waals surface area contributed by atoms with E-state index in [2.05, 4.69) is 13.8 Å². The van der Waals surface area contributed by atoms with E-state index < -0.39 is 6.10 Å². The normalized spacial score (nSPS) is 10.4. The molecule has 3 N–H and O–H groups in total. The Bertz CT molecular complexity index is 128. The van der Waals surface area contributed by atoms with E-state index in [4.69, 9.17) is 20.1 Å². The van der Waals surface area contributed by atoms with Gasteiger partial charge in [-0.05, 0) is 12.8 Å². The monoisotopic (exact) mass is 278 g/mol. The molecule has 0 unspecified atom stereocenters. The molecule has 0 aromatic heterocycles. The maximum absolute atomic E-state index is 8.17. The fraction of sp³-hybridized carbons (Fsp3) is 1.00. The van der Waals surface area contributed by atoms with Gasteiger partial charge < -0.3 is 20.1 Å². The Hall–Kier alpha value is -0.160. The van der Waals surface area contributed by atoms with Gasteiger partial charge >= 0.3 is 0 Å². The summed E-state index contributed by atoms with van der Waals surface area (Å²) in [4.78, 5) is 0. The van der Waals surface area contributed by atoms with E-state index >= 15 is 0 Å². The van der Waals surface area contributed by atoms with Gasteiger partial charge in [0.1, 0.15) is 6.10 Å². The number of ether oxygens (including phenoxy) is 1. The van der Waals surface area contributed by atoms with Crippen molar-refractivity contribution in [3.05, 3.63) is 0 Å². The number of hydrogen-bond donors (Lipinski definition) is 3. The molecule has 4 heteroatoms. The molecule has 0 spiro atoms. The lowest BCUT2D eigenvalue weighted by atomic mass is 10.2. The van der Waals surface area contributed by atoms with Crippen molar-refractivity contribution in [2.75, 3.05) is 26.4 Å². The molecule has 19 heavy (non-hydrogen) atoms. The first-order chi connectivity index (χ1) is 9.22. The second-order valence-corrected chi connectivity index (χ2v) is 4.75. The Morgan fingerprint density at radius 1 is 0.737 bits per heavy atom. The molecule has 0 aromatic rings. The summed E-state index contributed by atoms with van der Waals surface area (Å²) >= 11 is 0. The highest BCUT2D eigenvalue weighted by molar-refractivity contribution is 4.44. The van der Waals surface area contributed by atoms with Crippen molar-refractivity contribution in [3.63, 3.8) is 0 Å². The molecule has 0 fully saturated rings. The third-order valence-corrected chi connectivity index (χ3v) is 2.71. The summed E-state index contributed by atoms with van der Waals surface area (Å²) in [7, 11) is 0. The third-order valence-electron chi connectivity index (χ3n) is 2.71. The van der Waals surface area contributed by atoms with Crippen molar-refractivity contribution in [1.82, 2.24) is 0 Å². The predicted molar refractivity (Wildman–Crippen MR) is 79.3 cm³/mol. The predicted octanol–water partition coefficient (Wildman–Crippen LogP) is 2.50. The molecule has 0 amide bonds. The molecule has 118 valence electrons. The quantitative estimate of drug-likeness (QED) is 0.480. The van der Waals surface area contributed by atoms with Crippen molar-refractivity contribution in [2.24, 2.45) is 0 Å². The average molecular weight is 278 g/mol. The van der Waals surface area contributed by atoms with Gasteiger partial charge in [0, 0.05) is 13.2 Å². The van der Waals surface area contributed by atoms with E-state index in [-0.39, 0.29) is 13.2 Å². The van der Waals surface area contributed by atoms with E-state index in [1.807, 2.05) is 0 Å². The van der Waals surface area contributed by atoms with Gasteiger partial charge in [-0.1, -0.05) is 52.4 Å². The Kier molecular flexibility index (Phi) is 22.4. The smallest absolute Gasteiger partial charge is 0.100 e. The Morgan fingerprint density at radius 2 is 1.16 bits per heavy atom. The van der Waals surface area contributed by atoms with Gasteiger partial charge in [-0.15, -0.1) is 0 Å². The van der Waals surface area contributed by atoms with Crippen LogP contribution in [0.3, 0.4) is 0 Å². The van der Waals surface area contributed by atoms with E-state index in [1.165, 1.54) is 51.4 Å². The summed E-state index contributed by atoms with van der Waals surface area (Å²) in [5, 5.41) is 24.0. The molecule has 0 saturated heterocycles. The number of aliphatic hydroxyl groups excluding tert-OH is 3. The minimum Gasteiger partial charge on any atom is -0.394 e. The van der Waals surface area contributed by atoms with Gasteiger partial charge in [-0.25, -0.2) is 0 Å². The molecule has 4 nitrogen and oxygen atoms in total. The molecule has 0 bridgehead atoms. The van der Waals surface area contributed by atoms with Crippen LogP contribution in [0.2, 0.25) is 0 Å². The molecular weight excluding hydrogens is 244 g/mol. The lowest BCUT2D eigenvalue weighted by Crippen LogP contribution is -2.15. The number of aliphatic hydroxyl groups is 3. The van der Waals surface area contributed by atoms with E-state index in [1.54, 1.807) is 0 Å². The topological polar surface area (TPSA) is 69.9 Å². The summed E-state index contributed by atoms with van der Waals surface area (Å²) in [5.74, 6) is 0. The van der Waals surface area contributed by atoms with E-state index in [0.717, 1.165) is 13.2 Å². The van der Waals surface area contributed by atoms with Gasteiger partial charge in [0.2, 0.25) is 0 Å². The van der Waals surface area contributed by atoms with Gasteiger partial charge in [0.05, 0.1) is 13.2 Å². The first-order valence-electron chi connectivity index (χ1n) is 7.70. The number of unbranched alkanes of at least 4 members (excludes halogenated alkanes) is 6. The van der Waals surface area contributed by atoms with Gasteiger partial charge in [-0.3, -0.25) is 0 Å². The van der Waals surface area contributed by atoms with Crippen LogP contribution in [0.25, 0.3) is 0 Å². The lowest BCUT2D eigenvalue weighted by molar-refractivity contribution is 0.0450. The van der Waals surface area contributed by atoms with Crippen LogP contribution in [0.15, 0.2) is 0 Å². The first kappa shape index (κ1) is 21.1. The zero-order chi connectivity index (χ0) is 14.8. The van der Waals surface area contributed by atoms with Crippen LogP contribution < -0.4 is 0 Å². The second-order valence-electron chi connectivity index (χ2n) is 4.75. The minimum absolute atomic E-state index is 0.365. The fourth-order valence-corrected chi connectivity index (χ4v) is 1.42. The Labute approximate surface area is 118 Å². The van der Waals surface area contributed by atoms with Gasteiger partial charge in [0.25, 0.3) is 0 Å². The molecule has 0 heterocycles. The van der Waals surface area contributed by atoms with Crippen LogP contribution in [0.5, 0.6) is 0 Å². The largest absolute Gasteiger partial charge is 0.394 e.